The molecule has 1 saturated carbocycles. The van der Waals surface area contributed by atoms with Crippen LogP contribution in [0.15, 0.2) is 36.6 Å². The van der Waals surface area contributed by atoms with Crippen molar-refractivity contribution >= 4 is 20.2 Å². The second-order valence-electron chi connectivity index (χ2n) is 10.4. The van der Waals surface area contributed by atoms with E-state index in [-0.39, 0.29) is 47.5 Å². The molecule has 5 atom stereocenters. The highest BCUT2D eigenvalue weighted by atomic mass is 28.4. The second-order valence-corrected chi connectivity index (χ2v) is 15.1. The van der Waals surface area contributed by atoms with Crippen LogP contribution in [0.1, 0.15) is 47.0 Å². The number of nitrogens with zero attached hydrogens (tertiary/aromatic N) is 1. The summed E-state index contributed by atoms with van der Waals surface area (Å²) in [4.78, 5) is 27.9. The maximum atomic E-state index is 13.3. The Labute approximate surface area is 182 Å². The van der Waals surface area contributed by atoms with Crippen LogP contribution in [0.3, 0.4) is 0 Å². The minimum atomic E-state index is -2.01. The van der Waals surface area contributed by atoms with Gasteiger partial charge in [0.15, 0.2) is 8.32 Å². The average Bonchev–Trinajstić information content (AvgIpc) is 2.95. The third-order valence-electron chi connectivity index (χ3n) is 7.55. The Morgan fingerprint density at radius 1 is 1.30 bits per heavy atom. The Balaban J connectivity index is 1.91. The Kier molecular flexibility index (Phi) is 6.22. The molecule has 1 saturated heterocycles. The lowest BCUT2D eigenvalue weighted by Gasteiger charge is -2.51. The molecule has 2 aliphatic heterocycles. The molecule has 0 aromatic rings. The lowest BCUT2D eigenvalue weighted by Crippen LogP contribution is -2.65. The van der Waals surface area contributed by atoms with Crippen LogP contribution < -0.4 is 0 Å². The lowest BCUT2D eigenvalue weighted by atomic mass is 9.69. The number of allylic oxidation sites excluding steroid dienone is 1. The van der Waals surface area contributed by atoms with E-state index in [1.165, 1.54) is 0 Å². The molecule has 30 heavy (non-hydrogen) atoms. The van der Waals surface area contributed by atoms with Gasteiger partial charge in [0.1, 0.15) is 12.3 Å². The molecule has 0 aromatic carbocycles. The van der Waals surface area contributed by atoms with E-state index in [9.17, 15) is 9.59 Å². The van der Waals surface area contributed by atoms with E-state index in [0.29, 0.717) is 5.70 Å². The third-order valence-corrected chi connectivity index (χ3v) is 12.1. The van der Waals surface area contributed by atoms with Crippen molar-refractivity contribution in [2.75, 3.05) is 6.61 Å². The van der Waals surface area contributed by atoms with Crippen LogP contribution in [0, 0.1) is 17.8 Å². The summed E-state index contributed by atoms with van der Waals surface area (Å²) in [7, 11) is -2.01. The van der Waals surface area contributed by atoms with Gasteiger partial charge >= 0.3 is 5.97 Å². The smallest absolute Gasteiger partial charge is 0.355 e. The molecule has 6 heteroatoms. The van der Waals surface area contributed by atoms with Crippen LogP contribution in [-0.2, 0) is 18.8 Å². The average molecular weight is 432 g/mol. The minimum absolute atomic E-state index is 0.0125. The molecule has 3 rings (SSSR count). The zero-order valence-corrected chi connectivity index (χ0v) is 20.4. The van der Waals surface area contributed by atoms with Crippen molar-refractivity contribution in [3.05, 3.63) is 36.6 Å². The maximum Gasteiger partial charge on any atom is 0.355 e. The van der Waals surface area contributed by atoms with Gasteiger partial charge in [-0.2, -0.15) is 0 Å². The number of fused-ring (bicyclic) bond motifs is 3. The van der Waals surface area contributed by atoms with Crippen molar-refractivity contribution in [1.29, 1.82) is 0 Å². The van der Waals surface area contributed by atoms with E-state index >= 15 is 0 Å². The molecule has 2 fully saturated rings. The summed E-state index contributed by atoms with van der Waals surface area (Å²) in [6.07, 6.45) is 6.31. The highest BCUT2D eigenvalue weighted by Crippen LogP contribution is 2.55. The normalized spacial score (nSPS) is 29.7. The van der Waals surface area contributed by atoms with Crippen LogP contribution in [0.25, 0.3) is 0 Å². The Hall–Kier alpha value is -1.66. The van der Waals surface area contributed by atoms with Crippen molar-refractivity contribution < 1.29 is 18.8 Å². The van der Waals surface area contributed by atoms with E-state index in [2.05, 4.69) is 47.0 Å². The number of rotatable bonds is 7. The van der Waals surface area contributed by atoms with Gasteiger partial charge in [-0.05, 0) is 43.5 Å². The predicted molar refractivity (Wildman–Crippen MR) is 121 cm³/mol. The number of hydrogen-bond donors (Lipinski definition) is 0. The van der Waals surface area contributed by atoms with Gasteiger partial charge in [0, 0.05) is 11.8 Å². The maximum absolute atomic E-state index is 13.3. The topological polar surface area (TPSA) is 55.8 Å². The molecule has 2 heterocycles. The Bertz CT molecular complexity index is 779. The van der Waals surface area contributed by atoms with Crippen molar-refractivity contribution in [1.82, 2.24) is 4.90 Å². The van der Waals surface area contributed by atoms with E-state index in [1.54, 1.807) is 11.0 Å². The Morgan fingerprint density at radius 2 is 1.97 bits per heavy atom. The van der Waals surface area contributed by atoms with E-state index in [4.69, 9.17) is 9.16 Å². The van der Waals surface area contributed by atoms with Crippen LogP contribution in [0.4, 0.5) is 0 Å². The summed E-state index contributed by atoms with van der Waals surface area (Å²) in [5, 5.41) is 0.0747. The molecule has 5 nitrogen and oxygen atoms in total. The number of esters is 1. The van der Waals surface area contributed by atoms with Crippen molar-refractivity contribution in [2.24, 2.45) is 17.8 Å². The molecule has 0 radical (unpaired) electrons. The highest BCUT2D eigenvalue weighted by molar-refractivity contribution is 6.74. The van der Waals surface area contributed by atoms with Gasteiger partial charge < -0.3 is 14.1 Å². The quantitative estimate of drug-likeness (QED) is 0.251. The first-order chi connectivity index (χ1) is 14.0. The number of carbonyl (C=O) groups excluding carboxylic acids is 2. The molecule has 0 bridgehead atoms. The fraction of sp³-hybridized carbons (Fsp3) is 0.667. The van der Waals surface area contributed by atoms with Crippen molar-refractivity contribution in [3.8, 4) is 0 Å². The molecule has 1 amide bonds. The molecule has 0 unspecified atom stereocenters. The molecular weight excluding hydrogens is 394 g/mol. The molecule has 3 aliphatic rings. The summed E-state index contributed by atoms with van der Waals surface area (Å²) in [6.45, 7) is 20.8. The number of ether oxygens (including phenoxy) is 1. The summed E-state index contributed by atoms with van der Waals surface area (Å²) in [5.41, 5.74) is 1.50. The second kappa shape index (κ2) is 8.12. The first kappa shape index (κ1) is 23.0. The molecule has 1 aliphatic carbocycles. The number of amides is 1. The van der Waals surface area contributed by atoms with Crippen LogP contribution >= 0.6 is 0 Å². The molecule has 0 N–H and O–H groups in total. The number of carbonyl (C=O) groups is 2. The lowest BCUT2D eigenvalue weighted by molar-refractivity contribution is -0.163. The van der Waals surface area contributed by atoms with Gasteiger partial charge in [-0.1, -0.05) is 45.9 Å². The summed E-state index contributed by atoms with van der Waals surface area (Å²) >= 11 is 0. The van der Waals surface area contributed by atoms with Gasteiger partial charge in [-0.25, -0.2) is 4.79 Å². The zero-order chi connectivity index (χ0) is 22.4. The monoisotopic (exact) mass is 431 g/mol. The van der Waals surface area contributed by atoms with E-state index in [0.717, 1.165) is 24.8 Å². The van der Waals surface area contributed by atoms with Crippen LogP contribution in [0.5, 0.6) is 0 Å². The Morgan fingerprint density at radius 3 is 2.53 bits per heavy atom. The highest BCUT2D eigenvalue weighted by Gasteiger charge is 2.63. The van der Waals surface area contributed by atoms with Crippen LogP contribution in [0.2, 0.25) is 18.1 Å². The summed E-state index contributed by atoms with van der Waals surface area (Å²) in [5.74, 6) is -0.350. The van der Waals surface area contributed by atoms with Crippen molar-refractivity contribution in [3.63, 3.8) is 0 Å². The van der Waals surface area contributed by atoms with Gasteiger partial charge in [0.05, 0.1) is 18.1 Å². The summed E-state index contributed by atoms with van der Waals surface area (Å²) < 4.78 is 12.0. The van der Waals surface area contributed by atoms with Gasteiger partial charge in [-0.3, -0.25) is 4.79 Å². The van der Waals surface area contributed by atoms with E-state index < -0.39 is 14.3 Å². The predicted octanol–water partition coefficient (Wildman–Crippen LogP) is 4.82. The first-order valence-corrected chi connectivity index (χ1v) is 14.0. The van der Waals surface area contributed by atoms with E-state index in [1.807, 2.05) is 13.0 Å². The SMILES string of the molecule is C=CCOC(=O)C1=C2[C@@H](C=C)CCC[C@@H]2[C@@H]2[C@@H]([C@@H](C)O[Si](C)(C)C(C)(C)C)C(=O)N12. The zero-order valence-electron chi connectivity index (χ0n) is 19.4. The fourth-order valence-electron chi connectivity index (χ4n) is 5.07. The molecule has 166 valence electrons. The molecular formula is C24H37NO4Si. The first-order valence-electron chi connectivity index (χ1n) is 11.1. The third kappa shape index (κ3) is 3.62. The van der Waals surface area contributed by atoms with Gasteiger partial charge in [0.2, 0.25) is 5.91 Å². The summed E-state index contributed by atoms with van der Waals surface area (Å²) in [6, 6.07) is -0.0127. The minimum Gasteiger partial charge on any atom is -0.457 e. The number of β-lactam (4-membered cyclic amide) rings is 1. The standard InChI is InChI=1S/C24H37NO4Si/c1-9-14-28-23(27)21-19-16(10-2)12-11-13-17(19)20-18(22(26)25(20)21)15(3)29-30(7,8)24(4,5)6/h9-10,15-18,20H,1-2,11-14H2,3-8H3/t15-,16+,17+,18-,20-/m1/s1. The number of hydrogen-bond acceptors (Lipinski definition) is 4. The fourth-order valence-corrected chi connectivity index (χ4v) is 6.50. The van der Waals surface area contributed by atoms with Gasteiger partial charge in [0.25, 0.3) is 0 Å². The van der Waals surface area contributed by atoms with Crippen molar-refractivity contribution in [2.45, 2.75) is 77.2 Å². The van der Waals surface area contributed by atoms with Gasteiger partial charge in [-0.15, -0.1) is 6.58 Å². The van der Waals surface area contributed by atoms with Crippen LogP contribution in [-0.4, -0.2) is 43.8 Å². The molecule has 0 spiro atoms. The largest absolute Gasteiger partial charge is 0.457 e. The molecule has 0 aromatic heterocycles.